The average Bonchev–Trinajstić information content (AvgIpc) is 2.14. The van der Waals surface area contributed by atoms with Gasteiger partial charge in [0.15, 0.2) is 0 Å². The summed E-state index contributed by atoms with van der Waals surface area (Å²) in [4.78, 5) is 8.36. The van der Waals surface area contributed by atoms with Crippen LogP contribution in [0.5, 0.6) is 5.88 Å². The summed E-state index contributed by atoms with van der Waals surface area (Å²) < 4.78 is 6.69. The molecule has 1 aromatic rings. The standard InChI is InChI=1S/C9H12IN3O/c1-11-9-12-5-7(10)8(13-9)14-6-3-2-4-6/h5-6H,2-4H2,1H3,(H,11,12,13). The normalized spacial score (nSPS) is 16.1. The van der Waals surface area contributed by atoms with E-state index in [4.69, 9.17) is 4.74 Å². The van der Waals surface area contributed by atoms with E-state index < -0.39 is 0 Å². The molecule has 1 aromatic heterocycles. The van der Waals surface area contributed by atoms with Crippen molar-refractivity contribution in [2.24, 2.45) is 0 Å². The van der Waals surface area contributed by atoms with E-state index in [0.717, 1.165) is 16.4 Å². The van der Waals surface area contributed by atoms with E-state index in [1.165, 1.54) is 6.42 Å². The van der Waals surface area contributed by atoms with E-state index >= 15 is 0 Å². The molecule has 76 valence electrons. The Bertz CT molecular complexity index is 328. The Morgan fingerprint density at radius 3 is 2.93 bits per heavy atom. The molecule has 0 aliphatic heterocycles. The van der Waals surface area contributed by atoms with E-state index in [-0.39, 0.29) is 0 Å². The zero-order chi connectivity index (χ0) is 9.97. The van der Waals surface area contributed by atoms with Crippen LogP contribution in [0, 0.1) is 3.57 Å². The number of hydrogen-bond acceptors (Lipinski definition) is 4. The predicted molar refractivity (Wildman–Crippen MR) is 62.6 cm³/mol. The molecule has 0 atom stereocenters. The molecule has 0 unspecified atom stereocenters. The molecular formula is C9H12IN3O. The molecule has 0 radical (unpaired) electrons. The summed E-state index contributed by atoms with van der Waals surface area (Å²) in [7, 11) is 1.80. The van der Waals surface area contributed by atoms with E-state index in [0.29, 0.717) is 17.9 Å². The van der Waals surface area contributed by atoms with Gasteiger partial charge in [-0.25, -0.2) is 4.98 Å². The van der Waals surface area contributed by atoms with E-state index in [2.05, 4.69) is 37.9 Å². The first-order valence-corrected chi connectivity index (χ1v) is 5.74. The van der Waals surface area contributed by atoms with Crippen LogP contribution in [0.2, 0.25) is 0 Å². The summed E-state index contributed by atoms with van der Waals surface area (Å²) in [6.45, 7) is 0. The van der Waals surface area contributed by atoms with Crippen LogP contribution in [0.25, 0.3) is 0 Å². The lowest BCUT2D eigenvalue weighted by Gasteiger charge is -2.26. The Kier molecular flexibility index (Phi) is 3.05. The van der Waals surface area contributed by atoms with Gasteiger partial charge in [-0.15, -0.1) is 0 Å². The van der Waals surface area contributed by atoms with Gasteiger partial charge < -0.3 is 10.1 Å². The fraction of sp³-hybridized carbons (Fsp3) is 0.556. The van der Waals surface area contributed by atoms with Crippen LogP contribution in [0.1, 0.15) is 19.3 Å². The van der Waals surface area contributed by atoms with Crippen LogP contribution in [0.4, 0.5) is 5.95 Å². The van der Waals surface area contributed by atoms with Crippen LogP contribution >= 0.6 is 22.6 Å². The lowest BCUT2D eigenvalue weighted by molar-refractivity contribution is 0.113. The molecule has 0 amide bonds. The van der Waals surface area contributed by atoms with E-state index in [1.54, 1.807) is 13.2 Å². The van der Waals surface area contributed by atoms with Crippen LogP contribution in [0.3, 0.4) is 0 Å². The van der Waals surface area contributed by atoms with Crippen LogP contribution in [-0.4, -0.2) is 23.1 Å². The number of hydrogen-bond donors (Lipinski definition) is 1. The lowest BCUT2D eigenvalue weighted by atomic mass is 9.96. The minimum absolute atomic E-state index is 0.364. The molecule has 1 aliphatic carbocycles. The van der Waals surface area contributed by atoms with Gasteiger partial charge in [0.1, 0.15) is 6.10 Å². The van der Waals surface area contributed by atoms with Crippen molar-refractivity contribution in [2.45, 2.75) is 25.4 Å². The largest absolute Gasteiger partial charge is 0.473 e. The van der Waals surface area contributed by atoms with Crippen molar-refractivity contribution in [2.75, 3.05) is 12.4 Å². The quantitative estimate of drug-likeness (QED) is 0.868. The third kappa shape index (κ3) is 2.08. The maximum absolute atomic E-state index is 5.72. The highest BCUT2D eigenvalue weighted by Crippen LogP contribution is 2.27. The first-order chi connectivity index (χ1) is 6.79. The molecule has 0 spiro atoms. The predicted octanol–water partition coefficient (Wildman–Crippen LogP) is 2.05. The molecule has 2 rings (SSSR count). The molecule has 14 heavy (non-hydrogen) atoms. The van der Waals surface area contributed by atoms with Gasteiger partial charge in [0, 0.05) is 13.2 Å². The number of ether oxygens (including phenoxy) is 1. The number of rotatable bonds is 3. The molecule has 4 nitrogen and oxygen atoms in total. The van der Waals surface area contributed by atoms with Crippen molar-refractivity contribution >= 4 is 28.5 Å². The average molecular weight is 305 g/mol. The maximum atomic E-state index is 5.72. The molecular weight excluding hydrogens is 293 g/mol. The molecule has 0 saturated heterocycles. The first-order valence-electron chi connectivity index (χ1n) is 4.66. The molecule has 5 heteroatoms. The summed E-state index contributed by atoms with van der Waals surface area (Å²) in [5.74, 6) is 1.31. The van der Waals surface area contributed by atoms with Gasteiger partial charge in [0.2, 0.25) is 11.8 Å². The second kappa shape index (κ2) is 4.29. The zero-order valence-electron chi connectivity index (χ0n) is 7.96. The Hall–Kier alpha value is -0.590. The molecule has 0 bridgehead atoms. The highest BCUT2D eigenvalue weighted by Gasteiger charge is 2.21. The maximum Gasteiger partial charge on any atom is 0.232 e. The topological polar surface area (TPSA) is 47.0 Å². The smallest absolute Gasteiger partial charge is 0.232 e. The fourth-order valence-electron chi connectivity index (χ4n) is 1.20. The second-order valence-corrected chi connectivity index (χ2v) is 4.43. The van der Waals surface area contributed by atoms with Gasteiger partial charge >= 0.3 is 0 Å². The molecule has 1 saturated carbocycles. The Labute approximate surface area is 96.6 Å². The van der Waals surface area contributed by atoms with Crippen molar-refractivity contribution < 1.29 is 4.74 Å². The summed E-state index contributed by atoms with van der Waals surface area (Å²) in [6, 6.07) is 0. The number of nitrogens with zero attached hydrogens (tertiary/aromatic N) is 2. The highest BCUT2D eigenvalue weighted by atomic mass is 127. The minimum atomic E-state index is 0.364. The van der Waals surface area contributed by atoms with Gasteiger partial charge in [0.25, 0.3) is 0 Å². The third-order valence-electron chi connectivity index (χ3n) is 2.27. The van der Waals surface area contributed by atoms with Gasteiger partial charge in [0.05, 0.1) is 3.57 Å². The molecule has 1 N–H and O–H groups in total. The van der Waals surface area contributed by atoms with Crippen molar-refractivity contribution in [3.05, 3.63) is 9.77 Å². The lowest BCUT2D eigenvalue weighted by Crippen LogP contribution is -2.25. The fourth-order valence-corrected chi connectivity index (χ4v) is 1.59. The van der Waals surface area contributed by atoms with Gasteiger partial charge in [-0.3, -0.25) is 0 Å². The van der Waals surface area contributed by atoms with Gasteiger partial charge in [-0.1, -0.05) is 0 Å². The van der Waals surface area contributed by atoms with Crippen molar-refractivity contribution in [3.63, 3.8) is 0 Å². The molecule has 0 aromatic carbocycles. The number of nitrogens with one attached hydrogen (secondary N) is 1. The Morgan fingerprint density at radius 1 is 1.57 bits per heavy atom. The summed E-state index contributed by atoms with van der Waals surface area (Å²) in [6.07, 6.45) is 5.70. The third-order valence-corrected chi connectivity index (χ3v) is 3.01. The number of aromatic nitrogens is 2. The second-order valence-electron chi connectivity index (χ2n) is 3.27. The summed E-state index contributed by atoms with van der Waals surface area (Å²) >= 11 is 2.19. The SMILES string of the molecule is CNc1ncc(I)c(OC2CCC2)n1. The number of anilines is 1. The van der Waals surface area contributed by atoms with E-state index in [1.807, 2.05) is 0 Å². The first kappa shape index (κ1) is 9.95. The summed E-state index contributed by atoms with van der Waals surface area (Å²) in [5, 5.41) is 2.90. The minimum Gasteiger partial charge on any atom is -0.473 e. The van der Waals surface area contributed by atoms with Crippen molar-refractivity contribution in [3.8, 4) is 5.88 Å². The highest BCUT2D eigenvalue weighted by molar-refractivity contribution is 14.1. The zero-order valence-corrected chi connectivity index (χ0v) is 10.1. The Morgan fingerprint density at radius 2 is 2.36 bits per heavy atom. The van der Waals surface area contributed by atoms with Crippen LogP contribution in [-0.2, 0) is 0 Å². The Balaban J connectivity index is 2.13. The molecule has 1 aliphatic rings. The van der Waals surface area contributed by atoms with Crippen molar-refractivity contribution in [1.29, 1.82) is 0 Å². The molecule has 1 heterocycles. The van der Waals surface area contributed by atoms with Crippen LogP contribution < -0.4 is 10.1 Å². The van der Waals surface area contributed by atoms with Crippen molar-refractivity contribution in [1.82, 2.24) is 9.97 Å². The molecule has 1 fully saturated rings. The van der Waals surface area contributed by atoms with Gasteiger partial charge in [-0.05, 0) is 41.9 Å². The summed E-state index contributed by atoms with van der Waals surface area (Å²) in [5.41, 5.74) is 0. The van der Waals surface area contributed by atoms with Crippen LogP contribution in [0.15, 0.2) is 6.20 Å². The number of halogens is 1. The van der Waals surface area contributed by atoms with Gasteiger partial charge in [-0.2, -0.15) is 4.98 Å². The monoisotopic (exact) mass is 305 g/mol. The van der Waals surface area contributed by atoms with E-state index in [9.17, 15) is 0 Å².